The van der Waals surface area contributed by atoms with Crippen LogP contribution in [0.15, 0.2) is 30.3 Å². The molecule has 0 aliphatic carbocycles. The van der Waals surface area contributed by atoms with Crippen molar-refractivity contribution in [2.24, 2.45) is 0 Å². The highest BCUT2D eigenvalue weighted by Crippen LogP contribution is 2.07. The molecule has 0 bridgehead atoms. The van der Waals surface area contributed by atoms with Crippen molar-refractivity contribution in [3.63, 3.8) is 0 Å². The molecule has 5 nitrogen and oxygen atoms in total. The normalized spacial score (nSPS) is 10.9. The lowest BCUT2D eigenvalue weighted by molar-refractivity contribution is -0.142. The molecule has 0 heterocycles. The van der Waals surface area contributed by atoms with Crippen molar-refractivity contribution in [3.8, 4) is 0 Å². The molecule has 0 radical (unpaired) electrons. The average Bonchev–Trinajstić information content (AvgIpc) is 2.45. The molecule has 122 valence electrons. The summed E-state index contributed by atoms with van der Waals surface area (Å²) < 4.78 is 10.2. The highest BCUT2D eigenvalue weighted by atomic mass is 28.3. The zero-order valence-corrected chi connectivity index (χ0v) is 14.6. The fourth-order valence-corrected chi connectivity index (χ4v) is 2.30. The Morgan fingerprint density at radius 3 is 2.41 bits per heavy atom. The van der Waals surface area contributed by atoms with Crippen LogP contribution in [0, 0.1) is 0 Å². The summed E-state index contributed by atoms with van der Waals surface area (Å²) in [5, 5.41) is 2.54. The van der Waals surface area contributed by atoms with Crippen molar-refractivity contribution in [2.45, 2.75) is 38.7 Å². The van der Waals surface area contributed by atoms with Gasteiger partial charge >= 0.3 is 12.1 Å². The maximum Gasteiger partial charge on any atom is 0.407 e. The molecule has 0 aliphatic heterocycles. The molecule has 0 saturated heterocycles. The van der Waals surface area contributed by atoms with Crippen molar-refractivity contribution in [1.29, 1.82) is 0 Å². The van der Waals surface area contributed by atoms with Gasteiger partial charge in [0.1, 0.15) is 6.61 Å². The molecule has 0 atom stereocenters. The van der Waals surface area contributed by atoms with Gasteiger partial charge in [-0.05, 0) is 11.6 Å². The van der Waals surface area contributed by atoms with E-state index >= 15 is 0 Å². The SMILES string of the molecule is C[Si](C)(C)CCOC(=O)CCNC(=O)OCc1ccccc1. The van der Waals surface area contributed by atoms with Crippen molar-refractivity contribution >= 4 is 20.1 Å². The molecule has 0 spiro atoms. The average molecular weight is 323 g/mol. The number of carbonyl (C=O) groups excluding carboxylic acids is 2. The Morgan fingerprint density at radius 2 is 1.77 bits per heavy atom. The highest BCUT2D eigenvalue weighted by molar-refractivity contribution is 6.76. The maximum atomic E-state index is 11.5. The molecule has 0 saturated carbocycles. The van der Waals surface area contributed by atoms with Gasteiger partial charge in [-0.15, -0.1) is 0 Å². The van der Waals surface area contributed by atoms with Gasteiger partial charge in [0.25, 0.3) is 0 Å². The first-order valence-corrected chi connectivity index (χ1v) is 11.2. The van der Waals surface area contributed by atoms with Crippen molar-refractivity contribution in [2.75, 3.05) is 13.2 Å². The number of carbonyl (C=O) groups is 2. The lowest BCUT2D eigenvalue weighted by Gasteiger charge is -2.15. The second-order valence-electron chi connectivity index (χ2n) is 6.27. The van der Waals surface area contributed by atoms with Gasteiger partial charge in [0.2, 0.25) is 0 Å². The van der Waals surface area contributed by atoms with Crippen molar-refractivity contribution < 1.29 is 19.1 Å². The predicted molar refractivity (Wildman–Crippen MR) is 88.4 cm³/mol. The Bertz CT molecular complexity index is 471. The minimum absolute atomic E-state index is 0.159. The van der Waals surface area contributed by atoms with Crippen molar-refractivity contribution in [1.82, 2.24) is 5.32 Å². The first-order chi connectivity index (χ1) is 10.4. The molecular weight excluding hydrogens is 298 g/mol. The number of alkyl carbamates (subject to hydrolysis) is 1. The fraction of sp³-hybridized carbons (Fsp3) is 0.500. The van der Waals surface area contributed by atoms with Crippen LogP contribution in [0.2, 0.25) is 25.7 Å². The number of benzene rings is 1. The lowest BCUT2D eigenvalue weighted by atomic mass is 10.2. The number of ether oxygens (including phenoxy) is 2. The topological polar surface area (TPSA) is 64.6 Å². The fourth-order valence-electron chi connectivity index (χ4n) is 1.58. The zero-order chi connectivity index (χ0) is 16.4. The third kappa shape index (κ3) is 9.18. The van der Waals surface area contributed by atoms with Gasteiger partial charge in [-0.1, -0.05) is 50.0 Å². The minimum Gasteiger partial charge on any atom is -0.466 e. The van der Waals surface area contributed by atoms with E-state index in [4.69, 9.17) is 9.47 Å². The van der Waals surface area contributed by atoms with Crippen LogP contribution in [-0.4, -0.2) is 33.3 Å². The molecule has 1 aromatic carbocycles. The van der Waals surface area contributed by atoms with Crippen LogP contribution in [0.25, 0.3) is 0 Å². The van der Waals surface area contributed by atoms with Crippen LogP contribution in [0.1, 0.15) is 12.0 Å². The van der Waals surface area contributed by atoms with E-state index in [1.165, 1.54) is 0 Å². The molecule has 1 aromatic rings. The van der Waals surface area contributed by atoms with Crippen LogP contribution in [0.4, 0.5) is 4.79 Å². The number of amides is 1. The second-order valence-corrected chi connectivity index (χ2v) is 11.9. The van der Waals surface area contributed by atoms with Gasteiger partial charge < -0.3 is 14.8 Å². The van der Waals surface area contributed by atoms with Crippen LogP contribution in [0.3, 0.4) is 0 Å². The number of nitrogens with one attached hydrogen (secondary N) is 1. The molecule has 1 rings (SSSR count). The van der Waals surface area contributed by atoms with Gasteiger partial charge in [0.15, 0.2) is 0 Å². The van der Waals surface area contributed by atoms with E-state index in [-0.39, 0.29) is 25.5 Å². The van der Waals surface area contributed by atoms with Gasteiger partial charge in [0, 0.05) is 14.6 Å². The highest BCUT2D eigenvalue weighted by Gasteiger charge is 2.14. The van der Waals surface area contributed by atoms with Crippen molar-refractivity contribution in [3.05, 3.63) is 35.9 Å². The van der Waals surface area contributed by atoms with E-state index in [1.54, 1.807) is 0 Å². The zero-order valence-electron chi connectivity index (χ0n) is 13.6. The first kappa shape index (κ1) is 18.2. The smallest absolute Gasteiger partial charge is 0.407 e. The van der Waals surface area contributed by atoms with Gasteiger partial charge in [-0.25, -0.2) is 4.79 Å². The Hall–Kier alpha value is -1.82. The van der Waals surface area contributed by atoms with E-state index in [0.717, 1.165) is 11.6 Å². The number of hydrogen-bond donors (Lipinski definition) is 1. The molecule has 6 heteroatoms. The first-order valence-electron chi connectivity index (χ1n) is 7.47. The van der Waals surface area contributed by atoms with E-state index < -0.39 is 14.2 Å². The Balaban J connectivity index is 2.08. The molecule has 0 aromatic heterocycles. The second kappa shape index (κ2) is 9.25. The van der Waals surface area contributed by atoms with Crippen LogP contribution >= 0.6 is 0 Å². The van der Waals surface area contributed by atoms with E-state index in [1.807, 2.05) is 30.3 Å². The summed E-state index contributed by atoms with van der Waals surface area (Å²) in [7, 11) is -1.18. The summed E-state index contributed by atoms with van der Waals surface area (Å²) in [4.78, 5) is 23.0. The third-order valence-corrected chi connectivity index (χ3v) is 4.63. The largest absolute Gasteiger partial charge is 0.466 e. The summed E-state index contributed by atoms with van der Waals surface area (Å²) in [5.41, 5.74) is 0.920. The van der Waals surface area contributed by atoms with E-state index in [9.17, 15) is 9.59 Å². The van der Waals surface area contributed by atoms with E-state index in [2.05, 4.69) is 25.0 Å². The Labute approximate surface area is 133 Å². The number of esters is 1. The molecule has 1 amide bonds. The third-order valence-electron chi connectivity index (χ3n) is 2.93. The molecule has 22 heavy (non-hydrogen) atoms. The van der Waals surface area contributed by atoms with Gasteiger partial charge in [0.05, 0.1) is 13.0 Å². The summed E-state index contributed by atoms with van der Waals surface area (Å²) >= 11 is 0. The number of rotatable bonds is 8. The lowest BCUT2D eigenvalue weighted by Crippen LogP contribution is -2.28. The molecule has 0 aliphatic rings. The molecule has 1 N–H and O–H groups in total. The van der Waals surface area contributed by atoms with E-state index in [0.29, 0.717) is 6.61 Å². The van der Waals surface area contributed by atoms with Crippen LogP contribution < -0.4 is 5.32 Å². The summed E-state index contributed by atoms with van der Waals surface area (Å²) in [6, 6.07) is 10.4. The Kier molecular flexibility index (Phi) is 7.66. The Morgan fingerprint density at radius 1 is 1.09 bits per heavy atom. The van der Waals surface area contributed by atoms with Gasteiger partial charge in [-0.2, -0.15) is 0 Å². The summed E-state index contributed by atoms with van der Waals surface area (Å²) in [5.74, 6) is -0.290. The standard InChI is InChI=1S/C16H25NO4Si/c1-22(2,3)12-11-20-15(18)9-10-17-16(19)21-13-14-7-5-4-6-8-14/h4-8H,9-13H2,1-3H3,(H,17,19). The van der Waals surface area contributed by atoms with Gasteiger partial charge in [-0.3, -0.25) is 4.79 Å². The van der Waals surface area contributed by atoms with Crippen LogP contribution in [0.5, 0.6) is 0 Å². The molecule has 0 unspecified atom stereocenters. The summed E-state index contributed by atoms with van der Waals surface area (Å²) in [6.07, 6.45) is -0.370. The molecular formula is C16H25NO4Si. The maximum absolute atomic E-state index is 11.5. The predicted octanol–water partition coefficient (Wildman–Crippen LogP) is 3.18. The van der Waals surface area contributed by atoms with Crippen LogP contribution in [-0.2, 0) is 20.9 Å². The quantitative estimate of drug-likeness (QED) is 0.589. The number of hydrogen-bond acceptors (Lipinski definition) is 4. The minimum atomic E-state index is -1.18. The molecule has 0 fully saturated rings. The summed E-state index contributed by atoms with van der Waals surface area (Å²) in [6.45, 7) is 7.58. The monoisotopic (exact) mass is 323 g/mol.